The van der Waals surface area contributed by atoms with Crippen LogP contribution in [0.5, 0.6) is 0 Å². The number of nitrogens with two attached hydrogens (primary N) is 3. The highest BCUT2D eigenvalue weighted by atomic mass is 16.4. The van der Waals surface area contributed by atoms with E-state index in [4.69, 9.17) is 22.3 Å². The van der Waals surface area contributed by atoms with Gasteiger partial charge in [-0.2, -0.15) is 0 Å². The Bertz CT molecular complexity index is 1620. The fourth-order valence-electron chi connectivity index (χ4n) is 5.61. The minimum Gasteiger partial charge on any atom is -0.480 e. The number of rotatable bonds is 25. The fraction of sp³-hybridized carbons (Fsp3) is 0.686. The Hall–Kier alpha value is -6.15. The van der Waals surface area contributed by atoms with Crippen molar-refractivity contribution in [1.29, 1.82) is 0 Å². The number of aliphatic hydroxyl groups is 2. The van der Waals surface area contributed by atoms with Gasteiger partial charge in [0.1, 0.15) is 42.8 Å². The number of guanidine groups is 1. The van der Waals surface area contributed by atoms with Gasteiger partial charge in [-0.05, 0) is 52.4 Å². The molecule has 0 bridgehead atoms. The third-order valence-corrected chi connectivity index (χ3v) is 9.03. The third kappa shape index (κ3) is 19.2. The van der Waals surface area contributed by atoms with Crippen LogP contribution in [0.1, 0.15) is 60.3 Å². The Morgan fingerprint density at radius 1 is 0.689 bits per heavy atom. The monoisotopic (exact) mass is 871 g/mol. The molecule has 0 aromatic rings. The summed E-state index contributed by atoms with van der Waals surface area (Å²) < 4.78 is 0. The maximum Gasteiger partial charge on any atom is 0.322 e. The van der Waals surface area contributed by atoms with Gasteiger partial charge in [-0.15, -0.1) is 0 Å². The van der Waals surface area contributed by atoms with Gasteiger partial charge >= 0.3 is 5.97 Å². The third-order valence-electron chi connectivity index (χ3n) is 9.03. The van der Waals surface area contributed by atoms with Crippen LogP contribution in [0, 0.1) is 5.92 Å². The van der Waals surface area contributed by atoms with Crippen molar-refractivity contribution >= 4 is 65.1 Å². The summed E-state index contributed by atoms with van der Waals surface area (Å²) in [5, 5.41) is 47.3. The number of nitrogens with zero attached hydrogens (tertiary/aromatic N) is 2. The number of aliphatic imine (C=N–C) groups is 1. The van der Waals surface area contributed by atoms with Crippen LogP contribution in [-0.2, 0) is 47.9 Å². The second kappa shape index (κ2) is 26.1. The number of amides is 9. The van der Waals surface area contributed by atoms with E-state index in [1.807, 2.05) is 0 Å². The van der Waals surface area contributed by atoms with Crippen molar-refractivity contribution in [2.45, 2.75) is 109 Å². The normalized spacial score (nSPS) is 16.8. The fourth-order valence-corrected chi connectivity index (χ4v) is 5.61. The largest absolute Gasteiger partial charge is 0.480 e. The van der Waals surface area contributed by atoms with E-state index >= 15 is 0 Å². The molecular weight excluding hydrogens is 810 g/mol. The lowest BCUT2D eigenvalue weighted by molar-refractivity contribution is -0.142. The number of aliphatic hydroxyl groups excluding tert-OH is 2. The summed E-state index contributed by atoms with van der Waals surface area (Å²) in [6.07, 6.45) is -1.79. The molecule has 17 N–H and O–H groups in total. The molecule has 1 fully saturated rings. The first-order chi connectivity index (χ1) is 28.5. The Balaban J connectivity index is 2.88. The molecule has 1 heterocycles. The van der Waals surface area contributed by atoms with Gasteiger partial charge in [-0.1, -0.05) is 13.8 Å². The number of hydrogen-bond donors (Lipinski definition) is 14. The average Bonchev–Trinajstić information content (AvgIpc) is 3.68. The van der Waals surface area contributed by atoms with Crippen LogP contribution < -0.4 is 59.7 Å². The number of likely N-dealkylation sites (tertiary alicyclic amines) is 1. The molecule has 0 spiro atoms. The molecule has 0 saturated carbocycles. The predicted molar refractivity (Wildman–Crippen MR) is 214 cm³/mol. The van der Waals surface area contributed by atoms with Crippen LogP contribution in [0.4, 0.5) is 0 Å². The van der Waals surface area contributed by atoms with Crippen LogP contribution in [-0.4, -0.2) is 173 Å². The molecule has 0 aliphatic carbocycles. The van der Waals surface area contributed by atoms with Crippen LogP contribution in [0.25, 0.3) is 0 Å². The van der Waals surface area contributed by atoms with Gasteiger partial charge in [-0.25, -0.2) is 0 Å². The molecule has 1 aliphatic heterocycles. The van der Waals surface area contributed by atoms with Crippen molar-refractivity contribution in [3.63, 3.8) is 0 Å². The Kier molecular flexibility index (Phi) is 22.7. The number of aliphatic carboxylic acids is 1. The molecular formula is C35H61N13O13. The molecule has 9 amide bonds. The molecule has 26 nitrogen and oxygen atoms in total. The molecule has 0 aromatic heterocycles. The zero-order valence-electron chi connectivity index (χ0n) is 34.8. The van der Waals surface area contributed by atoms with Crippen molar-refractivity contribution in [2.24, 2.45) is 28.1 Å². The lowest BCUT2D eigenvalue weighted by atomic mass is 10.0. The first-order valence-corrected chi connectivity index (χ1v) is 19.4. The minimum absolute atomic E-state index is 0.0106. The highest BCUT2D eigenvalue weighted by Gasteiger charge is 2.39. The van der Waals surface area contributed by atoms with E-state index in [-0.39, 0.29) is 38.3 Å². The number of carboxylic acids is 1. The van der Waals surface area contributed by atoms with Gasteiger partial charge in [0.2, 0.25) is 53.2 Å². The van der Waals surface area contributed by atoms with Crippen molar-refractivity contribution in [3.05, 3.63) is 0 Å². The minimum atomic E-state index is -1.64. The van der Waals surface area contributed by atoms with Crippen LogP contribution in [0.3, 0.4) is 0 Å². The summed E-state index contributed by atoms with van der Waals surface area (Å²) in [4.78, 5) is 131. The summed E-state index contributed by atoms with van der Waals surface area (Å²) in [6, 6.07) is -7.61. The topological polar surface area (TPSA) is 421 Å². The standard InChI is InChI=1S/C35H61N13O13/c1-16(2)27(46-30(57)20(8-6-10-39-35(37)38)45-31(58)21-9-7-11-48(21)34(61)26(36)18(4)49)33(60)47-28(19(5)50)32(59)42-13-23(52)40-12-22(51)41-14-24(53)44-17(3)29(56)43-15-25(54)55/h16-21,26-28,49-50H,6-15,36H2,1-5H3,(H,40,52)(H,41,51)(H,42,59)(H,43,56)(H,44,53)(H,45,58)(H,46,57)(H,47,60)(H,54,55)(H4,37,38,39)/t17-,18+,19+,20-,21-,26-,27-,28-/m0/s1. The summed E-state index contributed by atoms with van der Waals surface area (Å²) in [5.41, 5.74) is 16.6. The molecule has 0 radical (unpaired) electrons. The Labute approximate surface area is 351 Å². The first kappa shape index (κ1) is 52.9. The van der Waals surface area contributed by atoms with E-state index in [1.54, 1.807) is 13.8 Å². The smallest absolute Gasteiger partial charge is 0.322 e. The van der Waals surface area contributed by atoms with E-state index in [1.165, 1.54) is 25.7 Å². The Morgan fingerprint density at radius 3 is 1.79 bits per heavy atom. The van der Waals surface area contributed by atoms with E-state index in [9.17, 15) is 58.2 Å². The van der Waals surface area contributed by atoms with Crippen molar-refractivity contribution in [3.8, 4) is 0 Å². The summed E-state index contributed by atoms with van der Waals surface area (Å²) >= 11 is 0. The van der Waals surface area contributed by atoms with Crippen LogP contribution in [0.2, 0.25) is 0 Å². The lowest BCUT2D eigenvalue weighted by Crippen LogP contribution is -2.61. The molecule has 1 saturated heterocycles. The first-order valence-electron chi connectivity index (χ1n) is 19.4. The quantitative estimate of drug-likeness (QED) is 0.0230. The molecule has 26 heteroatoms. The highest BCUT2D eigenvalue weighted by Crippen LogP contribution is 2.19. The summed E-state index contributed by atoms with van der Waals surface area (Å²) in [5.74, 6) is -9.40. The van der Waals surface area contributed by atoms with Gasteiger partial charge in [-0.3, -0.25) is 52.9 Å². The van der Waals surface area contributed by atoms with Gasteiger partial charge in [0.15, 0.2) is 5.96 Å². The summed E-state index contributed by atoms with van der Waals surface area (Å²) in [7, 11) is 0. The SMILES string of the molecule is CC(C)[C@H](NC(=O)[C@H](CCCN=C(N)N)NC(=O)[C@@H]1CCCN1C(=O)[C@@H](N)[C@@H](C)O)C(=O)N[C@H](C(=O)NCC(=O)NCC(=O)NCC(=O)N[C@@H](C)C(=O)NCC(=O)O)[C@@H](C)O. The van der Waals surface area contributed by atoms with Gasteiger partial charge in [0.05, 0.1) is 31.8 Å². The van der Waals surface area contributed by atoms with E-state index in [0.29, 0.717) is 6.42 Å². The van der Waals surface area contributed by atoms with Crippen molar-refractivity contribution < 1.29 is 63.3 Å². The number of hydrogen-bond acceptors (Lipinski definition) is 14. The predicted octanol–water partition coefficient (Wildman–Crippen LogP) is -7.72. The lowest BCUT2D eigenvalue weighted by Gasteiger charge is -2.30. The molecule has 1 aliphatic rings. The van der Waals surface area contributed by atoms with Crippen molar-refractivity contribution in [2.75, 3.05) is 39.3 Å². The average molecular weight is 872 g/mol. The molecule has 8 atom stereocenters. The van der Waals surface area contributed by atoms with E-state index < -0.39 is 140 Å². The zero-order chi connectivity index (χ0) is 46.6. The van der Waals surface area contributed by atoms with Gasteiger partial charge < -0.3 is 80.0 Å². The van der Waals surface area contributed by atoms with Crippen LogP contribution in [0.15, 0.2) is 4.99 Å². The number of nitrogens with one attached hydrogen (secondary N) is 8. The van der Waals surface area contributed by atoms with Crippen LogP contribution >= 0.6 is 0 Å². The van der Waals surface area contributed by atoms with Gasteiger partial charge in [0.25, 0.3) is 0 Å². The maximum atomic E-state index is 13.7. The molecule has 61 heavy (non-hydrogen) atoms. The number of carbonyl (C=O) groups excluding carboxylic acids is 9. The zero-order valence-corrected chi connectivity index (χ0v) is 34.8. The maximum absolute atomic E-state index is 13.7. The van der Waals surface area contributed by atoms with E-state index in [0.717, 1.165) is 0 Å². The number of carbonyl (C=O) groups is 10. The molecule has 344 valence electrons. The second-order valence-electron chi connectivity index (χ2n) is 14.6. The number of carboxylic acid groups (broad SMARTS) is 1. The van der Waals surface area contributed by atoms with Gasteiger partial charge in [0, 0.05) is 13.1 Å². The second-order valence-corrected chi connectivity index (χ2v) is 14.6. The van der Waals surface area contributed by atoms with Crippen molar-refractivity contribution in [1.82, 2.24) is 47.4 Å². The molecule has 1 rings (SSSR count). The highest BCUT2D eigenvalue weighted by molar-refractivity contribution is 5.97. The molecule has 0 unspecified atom stereocenters. The summed E-state index contributed by atoms with van der Waals surface area (Å²) in [6.45, 7) is 4.67. The molecule has 0 aromatic carbocycles. The van der Waals surface area contributed by atoms with E-state index in [2.05, 4.69) is 47.5 Å². The Morgan fingerprint density at radius 2 is 1.25 bits per heavy atom.